The number of fused-ring (bicyclic) bond motifs is 2. The molecule has 3 rings (SSSR count). The molecule has 0 unspecified atom stereocenters. The van der Waals surface area contributed by atoms with Gasteiger partial charge in [-0.15, -0.1) is 0 Å². The van der Waals surface area contributed by atoms with Crippen molar-refractivity contribution in [2.45, 2.75) is 27.2 Å². The monoisotopic (exact) mass is 297 g/mol. The third-order valence-electron chi connectivity index (χ3n) is 3.68. The maximum absolute atomic E-state index is 12.9. The van der Waals surface area contributed by atoms with Crippen molar-refractivity contribution in [1.29, 1.82) is 0 Å². The molecular formula is C17H19N3O2. The number of nitrogens with two attached hydrogens (primary N) is 1. The predicted octanol–water partition coefficient (Wildman–Crippen LogP) is 3.44. The van der Waals surface area contributed by atoms with E-state index in [9.17, 15) is 4.79 Å². The second-order valence-electron chi connectivity index (χ2n) is 5.61. The van der Waals surface area contributed by atoms with Gasteiger partial charge in [0.1, 0.15) is 5.56 Å². The van der Waals surface area contributed by atoms with Gasteiger partial charge in [-0.05, 0) is 43.5 Å². The Balaban J connectivity index is 2.26. The summed E-state index contributed by atoms with van der Waals surface area (Å²) in [5.41, 5.74) is 9.55. The molecular weight excluding hydrogens is 278 g/mol. The summed E-state index contributed by atoms with van der Waals surface area (Å²) in [5.74, 6) is 0.849. The first-order chi connectivity index (χ1) is 10.5. The molecule has 0 bridgehead atoms. The lowest BCUT2D eigenvalue weighted by atomic mass is 10.1. The number of amides is 1. The molecule has 2 heterocycles. The number of hydrogen-bond donors (Lipinski definition) is 1. The smallest absolute Gasteiger partial charge is 0.263 e. The molecule has 0 saturated heterocycles. The molecule has 0 fully saturated rings. The van der Waals surface area contributed by atoms with Gasteiger partial charge in [-0.1, -0.05) is 13.0 Å². The Hall–Kier alpha value is -2.56. The molecule has 1 amide bonds. The number of aryl methyl sites for hydroxylation is 2. The highest BCUT2D eigenvalue weighted by Gasteiger charge is 2.30. The Kier molecular flexibility index (Phi) is 3.48. The molecule has 1 aliphatic rings. The third-order valence-corrected chi connectivity index (χ3v) is 3.68. The molecule has 0 radical (unpaired) electrons. The minimum Gasteiger partial charge on any atom is -0.436 e. The number of rotatable bonds is 2. The Bertz CT molecular complexity index is 756. The van der Waals surface area contributed by atoms with E-state index in [1.165, 1.54) is 6.20 Å². The summed E-state index contributed by atoms with van der Waals surface area (Å²) >= 11 is 0. The SMILES string of the molecule is CCCN1C(=O)c2cc(N)cnc2Oc2cc(C)cc(C)c21. The third kappa shape index (κ3) is 2.28. The normalized spacial score (nSPS) is 13.2. The fourth-order valence-corrected chi connectivity index (χ4v) is 2.84. The van der Waals surface area contributed by atoms with Crippen molar-refractivity contribution >= 4 is 17.3 Å². The number of nitrogens with zero attached hydrogens (tertiary/aromatic N) is 2. The Morgan fingerprint density at radius 1 is 1.27 bits per heavy atom. The minimum atomic E-state index is -0.123. The van der Waals surface area contributed by atoms with E-state index in [1.807, 2.05) is 26.8 Å². The highest BCUT2D eigenvalue weighted by atomic mass is 16.5. The van der Waals surface area contributed by atoms with E-state index in [1.54, 1.807) is 11.0 Å². The fraction of sp³-hybridized carbons (Fsp3) is 0.294. The standard InChI is InChI=1S/C17H19N3O2/c1-4-5-20-15-11(3)6-10(2)7-14(15)22-16-13(17(20)21)8-12(18)9-19-16/h6-9H,4-5,18H2,1-3H3. The van der Waals surface area contributed by atoms with Gasteiger partial charge in [0.2, 0.25) is 5.88 Å². The Morgan fingerprint density at radius 2 is 2.05 bits per heavy atom. The molecule has 2 N–H and O–H groups in total. The molecule has 0 atom stereocenters. The maximum atomic E-state index is 12.9. The first-order valence-corrected chi connectivity index (χ1v) is 7.37. The minimum absolute atomic E-state index is 0.123. The molecule has 22 heavy (non-hydrogen) atoms. The summed E-state index contributed by atoms with van der Waals surface area (Å²) in [5, 5.41) is 0. The van der Waals surface area contributed by atoms with Crippen LogP contribution in [0.2, 0.25) is 0 Å². The van der Waals surface area contributed by atoms with Gasteiger partial charge in [-0.3, -0.25) is 4.79 Å². The molecule has 5 nitrogen and oxygen atoms in total. The highest BCUT2D eigenvalue weighted by molar-refractivity contribution is 6.10. The van der Waals surface area contributed by atoms with Crippen molar-refractivity contribution in [3.63, 3.8) is 0 Å². The number of benzene rings is 1. The van der Waals surface area contributed by atoms with Gasteiger partial charge in [-0.25, -0.2) is 4.98 Å². The summed E-state index contributed by atoms with van der Waals surface area (Å²) in [6.07, 6.45) is 2.35. The number of aromatic nitrogens is 1. The number of nitrogen functional groups attached to an aromatic ring is 1. The van der Waals surface area contributed by atoms with Crippen molar-refractivity contribution in [1.82, 2.24) is 4.98 Å². The molecule has 0 saturated carbocycles. The van der Waals surface area contributed by atoms with Crippen LogP contribution in [0.15, 0.2) is 24.4 Å². The van der Waals surface area contributed by atoms with Gasteiger partial charge in [0, 0.05) is 6.54 Å². The van der Waals surface area contributed by atoms with Crippen LogP contribution < -0.4 is 15.4 Å². The molecule has 5 heteroatoms. The van der Waals surface area contributed by atoms with Gasteiger partial charge >= 0.3 is 0 Å². The van der Waals surface area contributed by atoms with Crippen LogP contribution in [0.4, 0.5) is 11.4 Å². The van der Waals surface area contributed by atoms with E-state index in [-0.39, 0.29) is 5.91 Å². The molecule has 2 aromatic rings. The van der Waals surface area contributed by atoms with Crippen LogP contribution in [0.5, 0.6) is 11.6 Å². The topological polar surface area (TPSA) is 68.5 Å². The number of carbonyl (C=O) groups excluding carboxylic acids is 1. The van der Waals surface area contributed by atoms with Crippen LogP contribution in [0.3, 0.4) is 0 Å². The number of ether oxygens (including phenoxy) is 1. The molecule has 1 aromatic carbocycles. The average molecular weight is 297 g/mol. The first kappa shape index (κ1) is 14.4. The largest absolute Gasteiger partial charge is 0.436 e. The van der Waals surface area contributed by atoms with Crippen molar-refractivity contribution in [2.24, 2.45) is 0 Å². The van der Waals surface area contributed by atoms with Gasteiger partial charge in [0.05, 0.1) is 17.6 Å². The summed E-state index contributed by atoms with van der Waals surface area (Å²) in [6, 6.07) is 5.61. The van der Waals surface area contributed by atoms with Crippen LogP contribution in [0.25, 0.3) is 0 Å². The fourth-order valence-electron chi connectivity index (χ4n) is 2.84. The van der Waals surface area contributed by atoms with Crippen LogP contribution in [-0.4, -0.2) is 17.4 Å². The van der Waals surface area contributed by atoms with Crippen molar-refractivity contribution in [3.05, 3.63) is 41.1 Å². The summed E-state index contributed by atoms with van der Waals surface area (Å²) in [7, 11) is 0. The van der Waals surface area contributed by atoms with Crippen LogP contribution in [0.1, 0.15) is 34.8 Å². The second-order valence-corrected chi connectivity index (χ2v) is 5.61. The zero-order valence-corrected chi connectivity index (χ0v) is 13.0. The Morgan fingerprint density at radius 3 is 2.77 bits per heavy atom. The quantitative estimate of drug-likeness (QED) is 0.922. The number of carbonyl (C=O) groups is 1. The van der Waals surface area contributed by atoms with Gasteiger partial charge in [0.25, 0.3) is 5.91 Å². The summed E-state index contributed by atoms with van der Waals surface area (Å²) in [4.78, 5) is 18.9. The van der Waals surface area contributed by atoms with E-state index < -0.39 is 0 Å². The zero-order valence-electron chi connectivity index (χ0n) is 13.0. The predicted molar refractivity (Wildman–Crippen MR) is 86.6 cm³/mol. The molecule has 114 valence electrons. The van der Waals surface area contributed by atoms with E-state index >= 15 is 0 Å². The van der Waals surface area contributed by atoms with E-state index in [2.05, 4.69) is 11.1 Å². The first-order valence-electron chi connectivity index (χ1n) is 7.37. The van der Waals surface area contributed by atoms with E-state index in [4.69, 9.17) is 10.5 Å². The Labute approximate surface area is 129 Å². The van der Waals surface area contributed by atoms with Crippen LogP contribution in [-0.2, 0) is 0 Å². The average Bonchev–Trinajstić information content (AvgIpc) is 2.56. The lowest BCUT2D eigenvalue weighted by Crippen LogP contribution is -2.31. The van der Waals surface area contributed by atoms with Crippen LogP contribution in [0, 0.1) is 13.8 Å². The van der Waals surface area contributed by atoms with Crippen molar-refractivity contribution in [2.75, 3.05) is 17.2 Å². The maximum Gasteiger partial charge on any atom is 0.263 e. The highest BCUT2D eigenvalue weighted by Crippen LogP contribution is 2.41. The second kappa shape index (κ2) is 5.33. The molecule has 1 aliphatic heterocycles. The summed E-state index contributed by atoms with van der Waals surface area (Å²) in [6.45, 7) is 6.65. The van der Waals surface area contributed by atoms with Gasteiger partial charge in [0.15, 0.2) is 5.75 Å². The zero-order chi connectivity index (χ0) is 15.9. The summed E-state index contributed by atoms with van der Waals surface area (Å²) < 4.78 is 5.94. The lowest BCUT2D eigenvalue weighted by molar-refractivity contribution is 0.0986. The molecule has 0 spiro atoms. The number of pyridine rings is 1. The van der Waals surface area contributed by atoms with Crippen molar-refractivity contribution in [3.8, 4) is 11.6 Å². The molecule has 1 aromatic heterocycles. The van der Waals surface area contributed by atoms with E-state index in [0.29, 0.717) is 29.4 Å². The van der Waals surface area contributed by atoms with Crippen molar-refractivity contribution < 1.29 is 9.53 Å². The van der Waals surface area contributed by atoms with Crippen LogP contribution >= 0.6 is 0 Å². The van der Waals surface area contributed by atoms with Gasteiger partial charge in [-0.2, -0.15) is 0 Å². The van der Waals surface area contributed by atoms with Gasteiger partial charge < -0.3 is 15.4 Å². The molecule has 0 aliphatic carbocycles. The lowest BCUT2D eigenvalue weighted by Gasteiger charge is -2.23. The van der Waals surface area contributed by atoms with E-state index in [0.717, 1.165) is 23.2 Å². The number of hydrogen-bond acceptors (Lipinski definition) is 4. The number of anilines is 2.